The maximum Gasteiger partial charge on any atom is 0.223 e. The lowest BCUT2D eigenvalue weighted by Gasteiger charge is -2.36. The molecule has 0 aliphatic carbocycles. The van der Waals surface area contributed by atoms with E-state index in [1.807, 2.05) is 23.1 Å². The van der Waals surface area contributed by atoms with Crippen molar-refractivity contribution in [2.45, 2.75) is 6.42 Å². The van der Waals surface area contributed by atoms with Crippen LogP contribution in [0.3, 0.4) is 0 Å². The van der Waals surface area contributed by atoms with Gasteiger partial charge in [0.2, 0.25) is 5.91 Å². The molecule has 1 amide bonds. The number of nitrogens with one attached hydrogen (secondary N) is 1. The fraction of sp³-hybridized carbons (Fsp3) is 0.588. The Morgan fingerprint density at radius 1 is 1.00 bits per heavy atom. The standard InChI is InChI=1S/C17H25ClN4O.2ClH/c18-15-3-1-2-4-16(15)21-13-11-20(12-14-21)8-5-17(23)22-9-6-19-7-10-22;;/h1-4,19H,5-14H2;2*1H. The fourth-order valence-corrected chi connectivity index (χ4v) is 3.50. The van der Waals surface area contributed by atoms with Gasteiger partial charge in [0.1, 0.15) is 0 Å². The van der Waals surface area contributed by atoms with Crippen molar-refractivity contribution < 1.29 is 4.79 Å². The molecule has 3 rings (SSSR count). The van der Waals surface area contributed by atoms with E-state index in [0.717, 1.165) is 69.6 Å². The van der Waals surface area contributed by atoms with Gasteiger partial charge in [-0.15, -0.1) is 24.8 Å². The van der Waals surface area contributed by atoms with Crippen molar-refractivity contribution in [2.24, 2.45) is 0 Å². The molecule has 0 atom stereocenters. The van der Waals surface area contributed by atoms with Gasteiger partial charge in [0.15, 0.2) is 0 Å². The number of hydrogen-bond acceptors (Lipinski definition) is 4. The molecule has 2 fully saturated rings. The lowest BCUT2D eigenvalue weighted by atomic mass is 10.2. The Balaban J connectivity index is 0.00000156. The zero-order valence-electron chi connectivity index (χ0n) is 14.3. The molecule has 5 nitrogen and oxygen atoms in total. The summed E-state index contributed by atoms with van der Waals surface area (Å²) in [4.78, 5) is 18.9. The van der Waals surface area contributed by atoms with Gasteiger partial charge in [0.25, 0.3) is 0 Å². The Hall–Kier alpha value is -0.720. The quantitative estimate of drug-likeness (QED) is 0.827. The van der Waals surface area contributed by atoms with E-state index in [1.165, 1.54) is 0 Å². The second-order valence-corrected chi connectivity index (χ2v) is 6.57. The smallest absolute Gasteiger partial charge is 0.223 e. The molecule has 0 saturated carbocycles. The molecule has 142 valence electrons. The lowest BCUT2D eigenvalue weighted by molar-refractivity contribution is -0.132. The van der Waals surface area contributed by atoms with Crippen molar-refractivity contribution in [1.29, 1.82) is 0 Å². The first-order valence-corrected chi connectivity index (χ1v) is 8.82. The number of rotatable bonds is 4. The fourth-order valence-electron chi connectivity index (χ4n) is 3.25. The molecule has 2 heterocycles. The van der Waals surface area contributed by atoms with Crippen LogP contribution in [0.4, 0.5) is 5.69 Å². The molecule has 8 heteroatoms. The Labute approximate surface area is 167 Å². The number of nitrogens with zero attached hydrogens (tertiary/aromatic N) is 3. The van der Waals surface area contributed by atoms with Crippen LogP contribution in [0.5, 0.6) is 0 Å². The van der Waals surface area contributed by atoms with Crippen LogP contribution in [0.1, 0.15) is 6.42 Å². The molecule has 1 aromatic carbocycles. The number of anilines is 1. The summed E-state index contributed by atoms with van der Waals surface area (Å²) in [5.74, 6) is 0.292. The first kappa shape index (κ1) is 22.3. The molecular weight excluding hydrogens is 383 g/mol. The molecule has 0 radical (unpaired) electrons. The van der Waals surface area contributed by atoms with E-state index >= 15 is 0 Å². The van der Waals surface area contributed by atoms with Gasteiger partial charge in [0.05, 0.1) is 10.7 Å². The number of piperazine rings is 2. The highest BCUT2D eigenvalue weighted by Crippen LogP contribution is 2.25. The minimum atomic E-state index is 0. The summed E-state index contributed by atoms with van der Waals surface area (Å²) in [7, 11) is 0. The largest absolute Gasteiger partial charge is 0.368 e. The average Bonchev–Trinajstić information content (AvgIpc) is 2.61. The monoisotopic (exact) mass is 408 g/mol. The van der Waals surface area contributed by atoms with Crippen molar-refractivity contribution in [3.63, 3.8) is 0 Å². The number of carbonyl (C=O) groups excluding carboxylic acids is 1. The summed E-state index contributed by atoms with van der Waals surface area (Å²) >= 11 is 6.27. The molecule has 1 N–H and O–H groups in total. The number of para-hydroxylation sites is 1. The van der Waals surface area contributed by atoms with E-state index < -0.39 is 0 Å². The molecule has 2 aliphatic rings. The molecule has 0 aromatic heterocycles. The number of carbonyl (C=O) groups is 1. The van der Waals surface area contributed by atoms with Gasteiger partial charge in [-0.1, -0.05) is 23.7 Å². The second-order valence-electron chi connectivity index (χ2n) is 6.16. The van der Waals surface area contributed by atoms with Crippen LogP contribution in [0, 0.1) is 0 Å². The van der Waals surface area contributed by atoms with Crippen LogP contribution >= 0.6 is 36.4 Å². The van der Waals surface area contributed by atoms with Crippen molar-refractivity contribution in [3.8, 4) is 0 Å². The van der Waals surface area contributed by atoms with Gasteiger partial charge in [-0.25, -0.2) is 0 Å². The number of amides is 1. The van der Waals surface area contributed by atoms with E-state index in [0.29, 0.717) is 12.3 Å². The van der Waals surface area contributed by atoms with Gasteiger partial charge in [-0.2, -0.15) is 0 Å². The maximum absolute atomic E-state index is 12.2. The summed E-state index contributed by atoms with van der Waals surface area (Å²) in [6.07, 6.45) is 0.631. The van der Waals surface area contributed by atoms with E-state index in [2.05, 4.69) is 21.2 Å². The molecule has 0 bridgehead atoms. The van der Waals surface area contributed by atoms with Crippen molar-refractivity contribution in [3.05, 3.63) is 29.3 Å². The van der Waals surface area contributed by atoms with Gasteiger partial charge < -0.3 is 15.1 Å². The molecular formula is C17H27Cl3N4O. The molecule has 1 aromatic rings. The van der Waals surface area contributed by atoms with Crippen molar-refractivity contribution >= 4 is 48.0 Å². The third kappa shape index (κ3) is 6.19. The van der Waals surface area contributed by atoms with Crippen LogP contribution in [0.15, 0.2) is 24.3 Å². The first-order chi connectivity index (χ1) is 11.2. The highest BCUT2D eigenvalue weighted by Gasteiger charge is 2.21. The predicted octanol–water partition coefficient (Wildman–Crippen LogP) is 2.13. The van der Waals surface area contributed by atoms with Gasteiger partial charge in [0, 0.05) is 65.3 Å². The van der Waals surface area contributed by atoms with Crippen LogP contribution in [0.25, 0.3) is 0 Å². The van der Waals surface area contributed by atoms with Gasteiger partial charge >= 0.3 is 0 Å². The highest BCUT2D eigenvalue weighted by atomic mass is 35.5. The summed E-state index contributed by atoms with van der Waals surface area (Å²) in [5.41, 5.74) is 1.12. The van der Waals surface area contributed by atoms with E-state index in [9.17, 15) is 4.79 Å². The molecule has 2 aliphatic heterocycles. The minimum Gasteiger partial charge on any atom is -0.368 e. The van der Waals surface area contributed by atoms with Gasteiger partial charge in [-0.3, -0.25) is 9.69 Å². The Kier molecular flexibility index (Phi) is 9.90. The van der Waals surface area contributed by atoms with E-state index in [-0.39, 0.29) is 24.8 Å². The van der Waals surface area contributed by atoms with Crippen molar-refractivity contribution in [2.75, 3.05) is 63.8 Å². The third-order valence-electron chi connectivity index (χ3n) is 4.68. The molecule has 25 heavy (non-hydrogen) atoms. The van der Waals surface area contributed by atoms with Crippen LogP contribution in [-0.4, -0.2) is 74.6 Å². The van der Waals surface area contributed by atoms with Crippen LogP contribution in [-0.2, 0) is 4.79 Å². The van der Waals surface area contributed by atoms with Crippen LogP contribution in [0.2, 0.25) is 5.02 Å². The van der Waals surface area contributed by atoms with Gasteiger partial charge in [-0.05, 0) is 12.1 Å². The molecule has 2 saturated heterocycles. The summed E-state index contributed by atoms with van der Waals surface area (Å²) in [5, 5.41) is 4.09. The molecule has 0 unspecified atom stereocenters. The number of hydrogen-bond donors (Lipinski definition) is 1. The lowest BCUT2D eigenvalue weighted by Crippen LogP contribution is -2.49. The zero-order valence-corrected chi connectivity index (χ0v) is 16.7. The normalized spacial score (nSPS) is 18.3. The summed E-state index contributed by atoms with van der Waals surface area (Å²) < 4.78 is 0. The minimum absolute atomic E-state index is 0. The highest BCUT2D eigenvalue weighted by molar-refractivity contribution is 6.33. The number of benzene rings is 1. The summed E-state index contributed by atoms with van der Waals surface area (Å²) in [6, 6.07) is 8.00. The SMILES string of the molecule is Cl.Cl.O=C(CCN1CCN(c2ccccc2Cl)CC1)N1CCNCC1. The Bertz CT molecular complexity index is 532. The zero-order chi connectivity index (χ0) is 16.1. The average molecular weight is 410 g/mol. The third-order valence-corrected chi connectivity index (χ3v) is 5.00. The Morgan fingerprint density at radius 2 is 1.64 bits per heavy atom. The topological polar surface area (TPSA) is 38.8 Å². The molecule has 0 spiro atoms. The number of halogens is 3. The van der Waals surface area contributed by atoms with Crippen LogP contribution < -0.4 is 10.2 Å². The summed E-state index contributed by atoms with van der Waals surface area (Å²) in [6.45, 7) is 8.29. The Morgan fingerprint density at radius 3 is 2.28 bits per heavy atom. The second kappa shape index (κ2) is 11.1. The van der Waals surface area contributed by atoms with E-state index in [1.54, 1.807) is 0 Å². The predicted molar refractivity (Wildman–Crippen MR) is 109 cm³/mol. The maximum atomic E-state index is 12.2. The van der Waals surface area contributed by atoms with Crippen molar-refractivity contribution in [1.82, 2.24) is 15.1 Å². The first-order valence-electron chi connectivity index (χ1n) is 8.44. The van der Waals surface area contributed by atoms with E-state index in [4.69, 9.17) is 11.6 Å².